The molecule has 0 heterocycles. The van der Waals surface area contributed by atoms with Gasteiger partial charge in [-0.15, -0.1) is 0 Å². The third-order valence-corrected chi connectivity index (χ3v) is 5.26. The lowest BCUT2D eigenvalue weighted by atomic mass is 9.97. The van der Waals surface area contributed by atoms with E-state index in [0.29, 0.717) is 23.8 Å². The van der Waals surface area contributed by atoms with Gasteiger partial charge in [0.1, 0.15) is 0 Å². The molecule has 0 bridgehead atoms. The highest BCUT2D eigenvalue weighted by molar-refractivity contribution is 6.10. The molecule has 0 aliphatic heterocycles. The zero-order valence-electron chi connectivity index (χ0n) is 16.3. The Morgan fingerprint density at radius 3 is 2.21 bits per heavy atom. The number of hydrogen-bond donors (Lipinski definition) is 3. The molecule has 0 unspecified atom stereocenters. The number of nitrogens with one attached hydrogen (secondary N) is 2. The number of rotatable bonds is 6. The number of anilines is 2. The van der Waals surface area contributed by atoms with Crippen LogP contribution in [-0.2, 0) is 4.79 Å². The Kier molecular flexibility index (Phi) is 7.62. The van der Waals surface area contributed by atoms with Crippen LogP contribution in [0.3, 0.4) is 0 Å². The van der Waals surface area contributed by atoms with Gasteiger partial charge in [-0.3, -0.25) is 9.59 Å². The van der Waals surface area contributed by atoms with Crippen molar-refractivity contribution >= 4 is 23.2 Å². The Morgan fingerprint density at radius 1 is 0.821 bits per heavy atom. The van der Waals surface area contributed by atoms with Gasteiger partial charge in [0.05, 0.1) is 17.3 Å². The fourth-order valence-electron chi connectivity index (χ4n) is 3.71. The van der Waals surface area contributed by atoms with Gasteiger partial charge in [-0.05, 0) is 49.9 Å². The van der Waals surface area contributed by atoms with Crippen molar-refractivity contribution in [3.8, 4) is 0 Å². The maximum atomic E-state index is 12.6. The molecule has 4 N–H and O–H groups in total. The van der Waals surface area contributed by atoms with Crippen molar-refractivity contribution in [1.29, 1.82) is 0 Å². The number of carbonyl (C=O) groups excluding carboxylic acids is 2. The first-order chi connectivity index (χ1) is 13.7. The van der Waals surface area contributed by atoms with E-state index in [1.54, 1.807) is 18.2 Å². The van der Waals surface area contributed by atoms with Crippen LogP contribution in [-0.4, -0.2) is 24.4 Å². The molecule has 3 rings (SSSR count). The minimum atomic E-state index is -0.230. The predicted octanol–water partition coefficient (Wildman–Crippen LogP) is 3.55. The number of nitrogens with two attached hydrogens (primary N) is 1. The van der Waals surface area contributed by atoms with E-state index in [1.807, 2.05) is 36.4 Å². The minimum absolute atomic E-state index is 0.0676. The van der Waals surface area contributed by atoms with Crippen molar-refractivity contribution in [3.63, 3.8) is 0 Å². The van der Waals surface area contributed by atoms with Gasteiger partial charge in [0, 0.05) is 5.69 Å². The average Bonchev–Trinajstić information content (AvgIpc) is 2.68. The topological polar surface area (TPSA) is 74.8 Å². The molecular formula is C23H30N3O2+. The Balaban J connectivity index is 1.56. The molecule has 1 aliphatic rings. The first-order valence-corrected chi connectivity index (χ1v) is 10.3. The number of benzene rings is 2. The van der Waals surface area contributed by atoms with E-state index >= 15 is 0 Å². The van der Waals surface area contributed by atoms with Crippen LogP contribution in [0.2, 0.25) is 0 Å². The number of amides is 2. The lowest BCUT2D eigenvalue weighted by molar-refractivity contribution is -0.680. The van der Waals surface area contributed by atoms with Gasteiger partial charge >= 0.3 is 0 Å². The molecule has 0 spiro atoms. The maximum Gasteiger partial charge on any atom is 0.279 e. The van der Waals surface area contributed by atoms with E-state index < -0.39 is 0 Å². The molecule has 0 aromatic heterocycles. The first-order valence-electron chi connectivity index (χ1n) is 10.3. The molecule has 1 saturated carbocycles. The number of carbonyl (C=O) groups is 2. The highest BCUT2D eigenvalue weighted by atomic mass is 16.2. The van der Waals surface area contributed by atoms with Crippen LogP contribution in [0.1, 0.15) is 55.3 Å². The fraction of sp³-hybridized carbons (Fsp3) is 0.391. The van der Waals surface area contributed by atoms with Crippen LogP contribution in [0.15, 0.2) is 54.6 Å². The summed E-state index contributed by atoms with van der Waals surface area (Å²) in [5.74, 6) is -0.298. The number of hydrogen-bond acceptors (Lipinski definition) is 2. The van der Waals surface area contributed by atoms with Crippen molar-refractivity contribution in [2.45, 2.75) is 51.0 Å². The Bertz CT molecular complexity index is 768. The molecule has 28 heavy (non-hydrogen) atoms. The van der Waals surface area contributed by atoms with Gasteiger partial charge in [0.15, 0.2) is 6.54 Å². The molecule has 0 saturated heterocycles. The molecule has 0 radical (unpaired) electrons. The lowest BCUT2D eigenvalue weighted by Crippen LogP contribution is -2.91. The van der Waals surface area contributed by atoms with Crippen molar-refractivity contribution in [2.24, 2.45) is 0 Å². The highest BCUT2D eigenvalue weighted by Crippen LogP contribution is 2.17. The molecule has 5 heteroatoms. The van der Waals surface area contributed by atoms with Crippen molar-refractivity contribution in [1.82, 2.24) is 0 Å². The molecule has 1 aliphatic carbocycles. The highest BCUT2D eigenvalue weighted by Gasteiger charge is 2.17. The maximum absolute atomic E-state index is 12.6. The average molecular weight is 381 g/mol. The molecular weight excluding hydrogens is 350 g/mol. The van der Waals surface area contributed by atoms with Gasteiger partial charge in [0.2, 0.25) is 0 Å². The summed E-state index contributed by atoms with van der Waals surface area (Å²) in [4.78, 5) is 25.1. The molecule has 2 aromatic rings. The summed E-state index contributed by atoms with van der Waals surface area (Å²) in [6.07, 6.45) is 8.83. The van der Waals surface area contributed by atoms with Crippen LogP contribution in [0.5, 0.6) is 0 Å². The van der Waals surface area contributed by atoms with E-state index in [0.717, 1.165) is 5.69 Å². The van der Waals surface area contributed by atoms with Crippen molar-refractivity contribution in [3.05, 3.63) is 60.2 Å². The molecule has 148 valence electrons. The van der Waals surface area contributed by atoms with E-state index in [2.05, 4.69) is 16.0 Å². The Morgan fingerprint density at radius 2 is 1.46 bits per heavy atom. The third-order valence-electron chi connectivity index (χ3n) is 5.26. The van der Waals surface area contributed by atoms with E-state index in [9.17, 15) is 9.59 Å². The van der Waals surface area contributed by atoms with Crippen LogP contribution >= 0.6 is 0 Å². The SMILES string of the molecule is O=C(C[NH2+]C1CCCCCCC1)Nc1ccccc1C(=O)Nc1ccccc1. The number of para-hydroxylation sites is 2. The van der Waals surface area contributed by atoms with Crippen molar-refractivity contribution in [2.75, 3.05) is 17.2 Å². The Hall–Kier alpha value is -2.66. The molecule has 0 atom stereocenters. The molecule has 5 nitrogen and oxygen atoms in total. The van der Waals surface area contributed by atoms with Crippen molar-refractivity contribution < 1.29 is 14.9 Å². The second-order valence-corrected chi connectivity index (χ2v) is 7.46. The summed E-state index contributed by atoms with van der Waals surface area (Å²) in [6.45, 7) is 0.388. The van der Waals surface area contributed by atoms with E-state index in [1.165, 1.54) is 44.9 Å². The van der Waals surface area contributed by atoms with E-state index in [-0.39, 0.29) is 11.8 Å². The predicted molar refractivity (Wildman–Crippen MR) is 112 cm³/mol. The summed E-state index contributed by atoms with van der Waals surface area (Å²) < 4.78 is 0. The fourth-order valence-corrected chi connectivity index (χ4v) is 3.71. The minimum Gasteiger partial charge on any atom is -0.336 e. The lowest BCUT2D eigenvalue weighted by Gasteiger charge is -2.18. The molecule has 2 aromatic carbocycles. The second-order valence-electron chi connectivity index (χ2n) is 7.46. The van der Waals surface area contributed by atoms with Crippen LogP contribution < -0.4 is 16.0 Å². The summed E-state index contributed by atoms with van der Waals surface area (Å²) in [7, 11) is 0. The summed E-state index contributed by atoms with van der Waals surface area (Å²) in [5.41, 5.74) is 1.74. The second kappa shape index (κ2) is 10.6. The smallest absolute Gasteiger partial charge is 0.279 e. The Labute approximate surface area is 166 Å². The van der Waals surface area contributed by atoms with E-state index in [4.69, 9.17) is 0 Å². The quantitative estimate of drug-likeness (QED) is 0.717. The summed E-state index contributed by atoms with van der Waals surface area (Å²) in [5, 5.41) is 7.94. The monoisotopic (exact) mass is 380 g/mol. The normalized spacial score (nSPS) is 15.3. The standard InChI is InChI=1S/C23H29N3O2/c27-22(17-24-18-11-5-2-1-3-6-12-18)26-21-16-10-9-15-20(21)23(28)25-19-13-7-4-8-14-19/h4,7-10,13-16,18,24H,1-3,5-6,11-12,17H2,(H,25,28)(H,26,27)/p+1. The molecule has 1 fully saturated rings. The third kappa shape index (κ3) is 6.20. The first kappa shape index (κ1) is 20.1. The summed E-state index contributed by atoms with van der Waals surface area (Å²) in [6, 6.07) is 17.0. The van der Waals surface area contributed by atoms with Crippen LogP contribution in [0.4, 0.5) is 11.4 Å². The molecule has 2 amide bonds. The zero-order valence-corrected chi connectivity index (χ0v) is 16.3. The van der Waals surface area contributed by atoms with Gasteiger partial charge in [0.25, 0.3) is 11.8 Å². The van der Waals surface area contributed by atoms with Gasteiger partial charge < -0.3 is 16.0 Å². The van der Waals surface area contributed by atoms with Gasteiger partial charge in [-0.25, -0.2) is 0 Å². The summed E-state index contributed by atoms with van der Waals surface area (Å²) >= 11 is 0. The van der Waals surface area contributed by atoms with Gasteiger partial charge in [-0.2, -0.15) is 0 Å². The number of quaternary nitrogens is 1. The zero-order chi connectivity index (χ0) is 19.6. The van der Waals surface area contributed by atoms with Crippen LogP contribution in [0.25, 0.3) is 0 Å². The largest absolute Gasteiger partial charge is 0.336 e. The van der Waals surface area contributed by atoms with Gasteiger partial charge in [-0.1, -0.05) is 49.6 Å². The van der Waals surface area contributed by atoms with Crippen LogP contribution in [0, 0.1) is 0 Å².